The Labute approximate surface area is 153 Å². The molecule has 5 nitrogen and oxygen atoms in total. The predicted molar refractivity (Wildman–Crippen MR) is 104 cm³/mol. The van der Waals surface area contributed by atoms with Crippen molar-refractivity contribution in [2.24, 2.45) is 0 Å². The van der Waals surface area contributed by atoms with E-state index in [0.29, 0.717) is 10.9 Å². The molecule has 0 amide bonds. The Kier molecular flexibility index (Phi) is 3.67. The number of nitrogens with one attached hydrogen (secondary N) is 1. The van der Waals surface area contributed by atoms with Crippen LogP contribution in [0.3, 0.4) is 0 Å². The van der Waals surface area contributed by atoms with Crippen molar-refractivity contribution in [1.82, 2.24) is 15.0 Å². The number of hydrogen-bond acceptors (Lipinski definition) is 6. The number of rotatable bonds is 3. The maximum absolute atomic E-state index is 13.4. The van der Waals surface area contributed by atoms with E-state index in [2.05, 4.69) is 15.2 Å². The molecule has 0 atom stereocenters. The summed E-state index contributed by atoms with van der Waals surface area (Å²) in [6.07, 6.45) is 2.32. The number of fused-ring (bicyclic) bond motifs is 2. The average molecular weight is 365 g/mol. The first kappa shape index (κ1) is 15.5. The Morgan fingerprint density at radius 2 is 1.69 bits per heavy atom. The van der Waals surface area contributed by atoms with Crippen LogP contribution in [0.1, 0.15) is 12.8 Å². The Bertz CT molecular complexity index is 1100. The maximum atomic E-state index is 13.4. The molecule has 2 aromatic heterocycles. The van der Waals surface area contributed by atoms with E-state index in [1.165, 1.54) is 23.5 Å². The average Bonchev–Trinajstić information content (AvgIpc) is 3.30. The topological polar surface area (TPSA) is 53.9 Å². The fourth-order valence-corrected chi connectivity index (χ4v) is 4.17. The highest BCUT2D eigenvalue weighted by atomic mass is 32.1. The largest absolute Gasteiger partial charge is 0.354 e. The zero-order valence-electron chi connectivity index (χ0n) is 13.9. The van der Waals surface area contributed by atoms with Crippen LogP contribution in [0.2, 0.25) is 0 Å². The number of para-hydroxylation sites is 2. The molecular weight excluding hydrogens is 349 g/mol. The van der Waals surface area contributed by atoms with Gasteiger partial charge in [-0.05, 0) is 43.2 Å². The molecule has 1 saturated heterocycles. The summed E-state index contributed by atoms with van der Waals surface area (Å²) in [5, 5.41) is 4.01. The molecule has 0 spiro atoms. The molecule has 1 N–H and O–H groups in total. The zero-order chi connectivity index (χ0) is 17.5. The van der Waals surface area contributed by atoms with Gasteiger partial charge in [0.15, 0.2) is 16.8 Å². The van der Waals surface area contributed by atoms with Crippen molar-refractivity contribution in [2.75, 3.05) is 23.3 Å². The molecule has 7 heteroatoms. The van der Waals surface area contributed by atoms with Crippen molar-refractivity contribution in [2.45, 2.75) is 12.8 Å². The van der Waals surface area contributed by atoms with Crippen molar-refractivity contribution < 1.29 is 4.39 Å². The van der Waals surface area contributed by atoms with Gasteiger partial charge in [-0.15, -0.1) is 0 Å². The molecule has 2 aromatic carbocycles. The van der Waals surface area contributed by atoms with Gasteiger partial charge in [0.2, 0.25) is 0 Å². The maximum Gasteiger partial charge on any atom is 0.189 e. The molecule has 4 aromatic rings. The van der Waals surface area contributed by atoms with E-state index in [0.717, 1.165) is 53.0 Å². The molecule has 26 heavy (non-hydrogen) atoms. The summed E-state index contributed by atoms with van der Waals surface area (Å²) in [5.41, 5.74) is 2.49. The van der Waals surface area contributed by atoms with E-state index in [9.17, 15) is 4.39 Å². The molecule has 1 aliphatic heterocycles. The predicted octanol–water partition coefficient (Wildman–Crippen LogP) is 4.72. The van der Waals surface area contributed by atoms with Gasteiger partial charge in [0.05, 0.1) is 21.3 Å². The zero-order valence-corrected chi connectivity index (χ0v) is 14.8. The van der Waals surface area contributed by atoms with E-state index in [4.69, 9.17) is 9.97 Å². The summed E-state index contributed by atoms with van der Waals surface area (Å²) in [4.78, 5) is 16.4. The van der Waals surface area contributed by atoms with Crippen LogP contribution in [0.5, 0.6) is 0 Å². The van der Waals surface area contributed by atoms with Crippen molar-refractivity contribution >= 4 is 49.4 Å². The summed E-state index contributed by atoms with van der Waals surface area (Å²) >= 11 is 1.41. The third-order valence-electron chi connectivity index (χ3n) is 4.53. The van der Waals surface area contributed by atoms with Gasteiger partial charge >= 0.3 is 0 Å². The van der Waals surface area contributed by atoms with Gasteiger partial charge in [0, 0.05) is 13.1 Å². The van der Waals surface area contributed by atoms with Crippen LogP contribution in [0, 0.1) is 5.82 Å². The Balaban J connectivity index is 1.60. The van der Waals surface area contributed by atoms with Crippen molar-refractivity contribution in [3.05, 3.63) is 48.3 Å². The lowest BCUT2D eigenvalue weighted by molar-refractivity contribution is 0.630. The SMILES string of the molecule is Fc1ccc2nc(Nc3nc4ccccc4nc3N3CCCC3)sc2c1. The third-order valence-corrected chi connectivity index (χ3v) is 5.47. The van der Waals surface area contributed by atoms with Crippen molar-refractivity contribution in [3.8, 4) is 0 Å². The van der Waals surface area contributed by atoms with Crippen LogP contribution < -0.4 is 10.2 Å². The summed E-state index contributed by atoms with van der Waals surface area (Å²) in [5.74, 6) is 1.30. The first-order valence-corrected chi connectivity index (χ1v) is 9.43. The minimum atomic E-state index is -0.254. The monoisotopic (exact) mass is 365 g/mol. The van der Waals surface area contributed by atoms with Crippen molar-refractivity contribution in [1.29, 1.82) is 0 Å². The van der Waals surface area contributed by atoms with Gasteiger partial charge in [-0.25, -0.2) is 19.3 Å². The van der Waals surface area contributed by atoms with E-state index < -0.39 is 0 Å². The standard InChI is InChI=1S/C19H16FN5S/c20-12-7-8-15-16(11-12)26-19(23-15)24-17-18(25-9-3-4-10-25)22-14-6-2-1-5-13(14)21-17/h1-2,5-8,11H,3-4,9-10H2,(H,21,23,24). The minimum absolute atomic E-state index is 0.254. The van der Waals surface area contributed by atoms with Crippen LogP contribution >= 0.6 is 11.3 Å². The fraction of sp³-hybridized carbons (Fsp3) is 0.211. The molecule has 130 valence electrons. The number of aromatic nitrogens is 3. The summed E-state index contributed by atoms with van der Waals surface area (Å²) in [6, 6.07) is 12.5. The molecule has 5 rings (SSSR count). The van der Waals surface area contributed by atoms with Crippen LogP contribution in [0.15, 0.2) is 42.5 Å². The highest BCUT2D eigenvalue weighted by Gasteiger charge is 2.20. The molecular formula is C19H16FN5S. The molecule has 3 heterocycles. The second-order valence-electron chi connectivity index (χ2n) is 6.33. The van der Waals surface area contributed by atoms with E-state index in [-0.39, 0.29) is 5.82 Å². The second kappa shape index (κ2) is 6.17. The van der Waals surface area contributed by atoms with E-state index in [1.54, 1.807) is 6.07 Å². The molecule has 0 bridgehead atoms. The van der Waals surface area contributed by atoms with Crippen LogP contribution in [-0.4, -0.2) is 28.0 Å². The summed E-state index contributed by atoms with van der Waals surface area (Å²) in [7, 11) is 0. The first-order chi connectivity index (χ1) is 12.8. The van der Waals surface area contributed by atoms with Crippen LogP contribution in [0.25, 0.3) is 21.3 Å². The Hall–Kier alpha value is -2.80. The van der Waals surface area contributed by atoms with Crippen LogP contribution in [-0.2, 0) is 0 Å². The van der Waals surface area contributed by atoms with Gasteiger partial charge in [0.25, 0.3) is 0 Å². The highest BCUT2D eigenvalue weighted by Crippen LogP contribution is 2.33. The Morgan fingerprint density at radius 3 is 2.50 bits per heavy atom. The van der Waals surface area contributed by atoms with E-state index in [1.807, 2.05) is 24.3 Å². The third kappa shape index (κ3) is 2.74. The Morgan fingerprint density at radius 1 is 0.923 bits per heavy atom. The second-order valence-corrected chi connectivity index (χ2v) is 7.37. The van der Waals surface area contributed by atoms with Gasteiger partial charge in [-0.3, -0.25) is 0 Å². The number of benzene rings is 2. The van der Waals surface area contributed by atoms with Crippen LogP contribution in [0.4, 0.5) is 21.2 Å². The smallest absolute Gasteiger partial charge is 0.189 e. The van der Waals surface area contributed by atoms with Gasteiger partial charge in [0.1, 0.15) is 5.82 Å². The molecule has 0 radical (unpaired) electrons. The molecule has 1 fully saturated rings. The highest BCUT2D eigenvalue weighted by molar-refractivity contribution is 7.22. The molecule has 0 aliphatic carbocycles. The van der Waals surface area contributed by atoms with E-state index >= 15 is 0 Å². The first-order valence-electron chi connectivity index (χ1n) is 8.61. The normalized spacial score (nSPS) is 14.4. The molecule has 0 saturated carbocycles. The quantitative estimate of drug-likeness (QED) is 0.569. The summed E-state index contributed by atoms with van der Waals surface area (Å²) < 4.78 is 14.3. The molecule has 0 unspecified atom stereocenters. The number of anilines is 3. The lowest BCUT2D eigenvalue weighted by atomic mass is 10.3. The lowest BCUT2D eigenvalue weighted by Gasteiger charge is -2.19. The summed E-state index contributed by atoms with van der Waals surface area (Å²) in [6.45, 7) is 1.96. The van der Waals surface area contributed by atoms with Gasteiger partial charge < -0.3 is 10.2 Å². The van der Waals surface area contributed by atoms with Crippen molar-refractivity contribution in [3.63, 3.8) is 0 Å². The number of thiazole rings is 1. The number of hydrogen-bond donors (Lipinski definition) is 1. The number of nitrogens with zero attached hydrogens (tertiary/aromatic N) is 4. The fourth-order valence-electron chi connectivity index (χ4n) is 3.28. The lowest BCUT2D eigenvalue weighted by Crippen LogP contribution is -2.21. The van der Waals surface area contributed by atoms with Gasteiger partial charge in [-0.1, -0.05) is 23.5 Å². The molecule has 1 aliphatic rings. The number of halogens is 1. The van der Waals surface area contributed by atoms with Gasteiger partial charge in [-0.2, -0.15) is 0 Å². The minimum Gasteiger partial charge on any atom is -0.354 e.